The molecule has 1 rings (SSSR count). The molecular weight excluding hydrogens is 270 g/mol. The first kappa shape index (κ1) is 16.9. The molecule has 1 heterocycles. The summed E-state index contributed by atoms with van der Waals surface area (Å²) in [6.07, 6.45) is 3.36. The Morgan fingerprint density at radius 1 is 1.33 bits per heavy atom. The Labute approximate surface area is 125 Å². The molecule has 21 heavy (non-hydrogen) atoms. The van der Waals surface area contributed by atoms with Crippen LogP contribution in [0.2, 0.25) is 0 Å². The number of carboxylic acids is 1. The number of pyridine rings is 1. The Balaban J connectivity index is 2.74. The summed E-state index contributed by atoms with van der Waals surface area (Å²) >= 11 is 0. The summed E-state index contributed by atoms with van der Waals surface area (Å²) in [4.78, 5) is 29.1. The first-order valence-electron chi connectivity index (χ1n) is 6.73. The van der Waals surface area contributed by atoms with E-state index in [4.69, 9.17) is 0 Å². The molecule has 0 aromatic carbocycles. The fraction of sp³-hybridized carbons (Fsp3) is 0.533. The molecule has 0 spiro atoms. The number of hydrogen-bond acceptors (Lipinski definition) is 3. The predicted molar refractivity (Wildman–Crippen MR) is 79.7 cm³/mol. The van der Waals surface area contributed by atoms with E-state index < -0.39 is 16.9 Å². The molecular formula is C15H23N3O3. The van der Waals surface area contributed by atoms with Gasteiger partial charge in [-0.2, -0.15) is 0 Å². The Bertz CT molecular complexity index is 512. The van der Waals surface area contributed by atoms with Gasteiger partial charge in [0.15, 0.2) is 0 Å². The Hall–Kier alpha value is -2.11. The van der Waals surface area contributed by atoms with Gasteiger partial charge in [-0.25, -0.2) is 4.79 Å². The molecule has 1 aromatic heterocycles. The van der Waals surface area contributed by atoms with Crippen LogP contribution < -0.4 is 5.32 Å². The first-order chi connectivity index (χ1) is 9.58. The van der Waals surface area contributed by atoms with Gasteiger partial charge in [-0.1, -0.05) is 6.07 Å². The summed E-state index contributed by atoms with van der Waals surface area (Å²) in [7, 11) is 1.66. The van der Waals surface area contributed by atoms with Crippen molar-refractivity contribution < 1.29 is 14.7 Å². The zero-order valence-electron chi connectivity index (χ0n) is 13.2. The number of rotatable bonds is 5. The Morgan fingerprint density at radius 3 is 2.43 bits per heavy atom. The number of aliphatic carboxylic acids is 1. The topological polar surface area (TPSA) is 82.5 Å². The molecule has 2 N–H and O–H groups in total. The standard InChI is InChI=1S/C15H23N3O3/c1-14(2,12(19)20)15(3,4)17-13(21)18(5)10-11-7-6-8-16-9-11/h6-9H,10H2,1-5H3,(H,17,21)(H,19,20). The van der Waals surface area contributed by atoms with Crippen LogP contribution in [0.5, 0.6) is 0 Å². The number of carbonyl (C=O) groups excluding carboxylic acids is 1. The summed E-state index contributed by atoms with van der Waals surface area (Å²) in [6, 6.07) is 3.36. The maximum absolute atomic E-state index is 12.2. The largest absolute Gasteiger partial charge is 0.481 e. The van der Waals surface area contributed by atoms with Crippen molar-refractivity contribution in [2.45, 2.75) is 39.8 Å². The van der Waals surface area contributed by atoms with Crippen molar-refractivity contribution in [3.05, 3.63) is 30.1 Å². The average molecular weight is 293 g/mol. The van der Waals surface area contributed by atoms with Crippen molar-refractivity contribution in [1.82, 2.24) is 15.2 Å². The Morgan fingerprint density at radius 2 is 1.95 bits per heavy atom. The van der Waals surface area contributed by atoms with E-state index in [1.807, 2.05) is 6.07 Å². The number of nitrogens with one attached hydrogen (secondary N) is 1. The van der Waals surface area contributed by atoms with Gasteiger partial charge in [-0.05, 0) is 39.3 Å². The fourth-order valence-corrected chi connectivity index (χ4v) is 1.62. The van der Waals surface area contributed by atoms with E-state index in [0.29, 0.717) is 6.54 Å². The quantitative estimate of drug-likeness (QED) is 0.871. The molecule has 0 saturated carbocycles. The van der Waals surface area contributed by atoms with E-state index in [0.717, 1.165) is 5.56 Å². The van der Waals surface area contributed by atoms with Gasteiger partial charge in [-0.15, -0.1) is 0 Å². The maximum atomic E-state index is 12.2. The number of urea groups is 1. The molecule has 116 valence electrons. The van der Waals surface area contributed by atoms with Crippen LogP contribution in [-0.2, 0) is 11.3 Å². The summed E-state index contributed by atoms with van der Waals surface area (Å²) in [5.41, 5.74) is -1.07. The van der Waals surface area contributed by atoms with Crippen LogP contribution in [0.1, 0.15) is 33.3 Å². The van der Waals surface area contributed by atoms with E-state index in [2.05, 4.69) is 10.3 Å². The number of amides is 2. The zero-order valence-corrected chi connectivity index (χ0v) is 13.2. The molecule has 1 aromatic rings. The highest BCUT2D eigenvalue weighted by atomic mass is 16.4. The molecule has 0 atom stereocenters. The molecule has 0 aliphatic heterocycles. The molecule has 6 heteroatoms. The van der Waals surface area contributed by atoms with E-state index in [-0.39, 0.29) is 6.03 Å². The van der Waals surface area contributed by atoms with Crippen LogP contribution in [-0.4, -0.2) is 39.6 Å². The lowest BCUT2D eigenvalue weighted by atomic mass is 9.74. The highest BCUT2D eigenvalue weighted by Gasteiger charge is 2.44. The normalized spacial score (nSPS) is 11.9. The number of nitrogens with zero attached hydrogens (tertiary/aromatic N) is 2. The molecule has 0 fully saturated rings. The van der Waals surface area contributed by atoms with Crippen LogP contribution in [0.25, 0.3) is 0 Å². The van der Waals surface area contributed by atoms with Crippen molar-refractivity contribution in [3.8, 4) is 0 Å². The number of carboxylic acid groups (broad SMARTS) is 1. The van der Waals surface area contributed by atoms with Crippen molar-refractivity contribution in [2.75, 3.05) is 7.05 Å². The average Bonchev–Trinajstić information content (AvgIpc) is 2.38. The molecule has 0 aliphatic rings. The first-order valence-corrected chi connectivity index (χ1v) is 6.73. The molecule has 0 radical (unpaired) electrons. The SMILES string of the molecule is CN(Cc1cccnc1)C(=O)NC(C)(C)C(C)(C)C(=O)O. The van der Waals surface area contributed by atoms with Crippen LogP contribution in [0, 0.1) is 5.41 Å². The Kier molecular flexibility index (Phi) is 4.93. The van der Waals surface area contributed by atoms with Crippen LogP contribution in [0.4, 0.5) is 4.79 Å². The smallest absolute Gasteiger partial charge is 0.317 e. The second kappa shape index (κ2) is 6.11. The van der Waals surface area contributed by atoms with Gasteiger partial charge in [0.25, 0.3) is 0 Å². The lowest BCUT2D eigenvalue weighted by Crippen LogP contribution is -2.59. The number of carbonyl (C=O) groups is 2. The maximum Gasteiger partial charge on any atom is 0.317 e. The fourth-order valence-electron chi connectivity index (χ4n) is 1.62. The van der Waals surface area contributed by atoms with E-state index in [1.165, 1.54) is 4.90 Å². The molecule has 0 bridgehead atoms. The minimum absolute atomic E-state index is 0.321. The summed E-state index contributed by atoms with van der Waals surface area (Å²) in [5, 5.41) is 12.1. The van der Waals surface area contributed by atoms with Crippen LogP contribution in [0.3, 0.4) is 0 Å². The van der Waals surface area contributed by atoms with Crippen LogP contribution >= 0.6 is 0 Å². The minimum atomic E-state index is -1.09. The summed E-state index contributed by atoms with van der Waals surface area (Å²) in [6.45, 7) is 7.00. The third-order valence-electron chi connectivity index (χ3n) is 4.01. The van der Waals surface area contributed by atoms with Crippen molar-refractivity contribution in [1.29, 1.82) is 0 Å². The molecule has 0 saturated heterocycles. The highest BCUT2D eigenvalue weighted by molar-refractivity contribution is 5.79. The zero-order chi connectivity index (χ0) is 16.3. The lowest BCUT2D eigenvalue weighted by molar-refractivity contribution is -0.150. The minimum Gasteiger partial charge on any atom is -0.481 e. The van der Waals surface area contributed by atoms with E-state index in [1.54, 1.807) is 53.2 Å². The lowest BCUT2D eigenvalue weighted by Gasteiger charge is -2.39. The second-order valence-electron chi connectivity index (χ2n) is 6.20. The molecule has 0 unspecified atom stereocenters. The van der Waals surface area contributed by atoms with E-state index >= 15 is 0 Å². The van der Waals surface area contributed by atoms with Gasteiger partial charge < -0.3 is 15.3 Å². The van der Waals surface area contributed by atoms with Gasteiger partial charge >= 0.3 is 12.0 Å². The van der Waals surface area contributed by atoms with Crippen LogP contribution in [0.15, 0.2) is 24.5 Å². The van der Waals surface area contributed by atoms with Gasteiger partial charge in [-0.3, -0.25) is 9.78 Å². The van der Waals surface area contributed by atoms with Gasteiger partial charge in [0.2, 0.25) is 0 Å². The third-order valence-corrected chi connectivity index (χ3v) is 4.01. The summed E-state index contributed by atoms with van der Waals surface area (Å²) in [5.74, 6) is -0.956. The third kappa shape index (κ3) is 3.93. The molecule has 0 aliphatic carbocycles. The number of hydrogen-bond donors (Lipinski definition) is 2. The predicted octanol–water partition coefficient (Wildman–Crippen LogP) is 2.11. The number of aromatic nitrogens is 1. The molecule has 6 nitrogen and oxygen atoms in total. The summed E-state index contributed by atoms with van der Waals surface area (Å²) < 4.78 is 0. The monoisotopic (exact) mass is 293 g/mol. The van der Waals surface area contributed by atoms with Gasteiger partial charge in [0.1, 0.15) is 0 Å². The highest BCUT2D eigenvalue weighted by Crippen LogP contribution is 2.30. The van der Waals surface area contributed by atoms with Crippen molar-refractivity contribution in [2.24, 2.45) is 5.41 Å². The second-order valence-corrected chi connectivity index (χ2v) is 6.20. The van der Waals surface area contributed by atoms with Crippen molar-refractivity contribution >= 4 is 12.0 Å². The van der Waals surface area contributed by atoms with Gasteiger partial charge in [0, 0.05) is 26.0 Å². The van der Waals surface area contributed by atoms with Crippen molar-refractivity contribution in [3.63, 3.8) is 0 Å². The van der Waals surface area contributed by atoms with Gasteiger partial charge in [0.05, 0.1) is 11.0 Å². The molecule has 2 amide bonds. The van der Waals surface area contributed by atoms with E-state index in [9.17, 15) is 14.7 Å².